The fourth-order valence-electron chi connectivity index (χ4n) is 1.44. The van der Waals surface area contributed by atoms with Crippen LogP contribution in [0.15, 0.2) is 12.2 Å². The lowest BCUT2D eigenvalue weighted by Crippen LogP contribution is -2.16. The minimum atomic E-state index is -0.610. The Hall–Kier alpha value is -2.03. The van der Waals surface area contributed by atoms with Gasteiger partial charge in [0, 0.05) is 11.3 Å². The highest BCUT2D eigenvalue weighted by atomic mass is 32.2. The van der Waals surface area contributed by atoms with Crippen LogP contribution in [0.1, 0.15) is 33.1 Å². The molecule has 0 atom stereocenters. The van der Waals surface area contributed by atoms with Gasteiger partial charge >= 0.3 is 23.9 Å². The van der Waals surface area contributed by atoms with Crippen LogP contribution < -0.4 is 0 Å². The zero-order valence-corrected chi connectivity index (χ0v) is 16.1. The van der Waals surface area contributed by atoms with Gasteiger partial charge in [0.1, 0.15) is 26.4 Å². The number of thioether (sulfide) groups is 1. The Morgan fingerprint density at radius 1 is 0.769 bits per heavy atom. The molecule has 0 saturated carbocycles. The summed E-state index contributed by atoms with van der Waals surface area (Å²) in [5, 5.41) is 0. The third-order valence-corrected chi connectivity index (χ3v) is 3.59. The van der Waals surface area contributed by atoms with E-state index in [0.717, 1.165) is 11.5 Å². The minimum Gasteiger partial charge on any atom is -0.465 e. The minimum absolute atomic E-state index is 0.0267. The smallest absolute Gasteiger partial charge is 0.333 e. The van der Waals surface area contributed by atoms with Crippen LogP contribution in [0.4, 0.5) is 0 Å². The van der Waals surface area contributed by atoms with Crippen LogP contribution in [-0.2, 0) is 38.1 Å². The van der Waals surface area contributed by atoms with Crippen LogP contribution in [0, 0.1) is 0 Å². The molecule has 0 rings (SSSR count). The maximum Gasteiger partial charge on any atom is 0.333 e. The Morgan fingerprint density at radius 2 is 1.27 bits per heavy atom. The molecule has 0 aliphatic heterocycles. The van der Waals surface area contributed by atoms with Crippen molar-refractivity contribution in [2.75, 3.05) is 37.9 Å². The highest BCUT2D eigenvalue weighted by Crippen LogP contribution is 2.00. The lowest BCUT2D eigenvalue weighted by atomic mass is 10.3. The molecule has 0 aromatic rings. The molecule has 8 nitrogen and oxygen atoms in total. The van der Waals surface area contributed by atoms with Crippen molar-refractivity contribution in [3.05, 3.63) is 12.2 Å². The Balaban J connectivity index is 3.63. The van der Waals surface area contributed by atoms with Crippen molar-refractivity contribution in [1.82, 2.24) is 0 Å². The Bertz CT molecular complexity index is 489. The number of carbonyl (C=O) groups is 4. The second kappa shape index (κ2) is 15.2. The molecule has 0 unspecified atom stereocenters. The summed E-state index contributed by atoms with van der Waals surface area (Å²) in [5.74, 6) is -0.523. The maximum atomic E-state index is 11.5. The van der Waals surface area contributed by atoms with Gasteiger partial charge in [0.25, 0.3) is 0 Å². The quantitative estimate of drug-likeness (QED) is 0.189. The highest BCUT2D eigenvalue weighted by molar-refractivity contribution is 7.99. The van der Waals surface area contributed by atoms with Gasteiger partial charge in [-0.3, -0.25) is 14.4 Å². The molecule has 0 aliphatic carbocycles. The van der Waals surface area contributed by atoms with E-state index in [2.05, 4.69) is 6.58 Å². The van der Waals surface area contributed by atoms with Gasteiger partial charge in [-0.15, -0.1) is 0 Å². The van der Waals surface area contributed by atoms with Crippen molar-refractivity contribution in [3.63, 3.8) is 0 Å². The molecular weight excluding hydrogens is 364 g/mol. The molecule has 0 saturated heterocycles. The third kappa shape index (κ3) is 14.3. The van der Waals surface area contributed by atoms with E-state index in [1.54, 1.807) is 11.8 Å². The molecule has 0 N–H and O–H groups in total. The summed E-state index contributed by atoms with van der Waals surface area (Å²) in [6.45, 7) is 6.99. The van der Waals surface area contributed by atoms with Crippen molar-refractivity contribution in [2.45, 2.75) is 33.1 Å². The van der Waals surface area contributed by atoms with Crippen molar-refractivity contribution in [2.24, 2.45) is 0 Å². The first-order chi connectivity index (χ1) is 12.4. The molecule has 0 aromatic carbocycles. The third-order valence-electron chi connectivity index (χ3n) is 2.73. The van der Waals surface area contributed by atoms with Crippen LogP contribution in [0.2, 0.25) is 0 Å². The van der Waals surface area contributed by atoms with E-state index in [4.69, 9.17) is 18.9 Å². The first kappa shape index (κ1) is 24.0. The molecule has 148 valence electrons. The van der Waals surface area contributed by atoms with Gasteiger partial charge < -0.3 is 18.9 Å². The molecule has 9 heteroatoms. The topological polar surface area (TPSA) is 105 Å². The molecule has 0 spiro atoms. The maximum absolute atomic E-state index is 11.5. The summed E-state index contributed by atoms with van der Waals surface area (Å²) in [7, 11) is 0. The number of hydrogen-bond donors (Lipinski definition) is 0. The van der Waals surface area contributed by atoms with E-state index in [0.29, 0.717) is 6.61 Å². The van der Waals surface area contributed by atoms with Gasteiger partial charge in [-0.1, -0.05) is 13.5 Å². The van der Waals surface area contributed by atoms with Crippen LogP contribution in [0.25, 0.3) is 0 Å². The van der Waals surface area contributed by atoms with E-state index < -0.39 is 23.9 Å². The molecule has 0 fully saturated rings. The first-order valence-corrected chi connectivity index (χ1v) is 9.39. The second-order valence-electron chi connectivity index (χ2n) is 5.02. The Morgan fingerprint density at radius 3 is 1.85 bits per heavy atom. The molecule has 26 heavy (non-hydrogen) atoms. The average molecular weight is 390 g/mol. The molecule has 0 radical (unpaired) electrons. The number of hydrogen-bond acceptors (Lipinski definition) is 9. The van der Waals surface area contributed by atoms with Crippen LogP contribution in [0.5, 0.6) is 0 Å². The van der Waals surface area contributed by atoms with Crippen LogP contribution in [0.3, 0.4) is 0 Å². The summed E-state index contributed by atoms with van der Waals surface area (Å²) in [6, 6.07) is 0. The van der Waals surface area contributed by atoms with Gasteiger partial charge in [0.15, 0.2) is 0 Å². The molecule has 0 aromatic heterocycles. The van der Waals surface area contributed by atoms with E-state index >= 15 is 0 Å². The van der Waals surface area contributed by atoms with Gasteiger partial charge in [-0.25, -0.2) is 4.79 Å². The van der Waals surface area contributed by atoms with Crippen molar-refractivity contribution >= 4 is 35.6 Å². The fraction of sp³-hybridized carbons (Fsp3) is 0.647. The predicted octanol–water partition coefficient (Wildman–Crippen LogP) is 1.66. The predicted molar refractivity (Wildman–Crippen MR) is 95.5 cm³/mol. The SMILES string of the molecule is C=C(C)C(=O)OCCOC(=O)CCC(=O)OCCC(=O)OCCSCC. The summed E-state index contributed by atoms with van der Waals surface area (Å²) in [4.78, 5) is 45.3. The van der Waals surface area contributed by atoms with Crippen molar-refractivity contribution < 1.29 is 38.1 Å². The van der Waals surface area contributed by atoms with E-state index in [1.165, 1.54) is 6.92 Å². The normalized spacial score (nSPS) is 9.92. The van der Waals surface area contributed by atoms with Gasteiger partial charge in [-0.2, -0.15) is 11.8 Å². The number of esters is 4. The van der Waals surface area contributed by atoms with Crippen molar-refractivity contribution in [3.8, 4) is 0 Å². The van der Waals surface area contributed by atoms with Crippen LogP contribution >= 0.6 is 11.8 Å². The average Bonchev–Trinajstić information content (AvgIpc) is 2.60. The fourth-order valence-corrected chi connectivity index (χ4v) is 1.93. The van der Waals surface area contributed by atoms with Gasteiger partial charge in [0.05, 0.1) is 19.3 Å². The lowest BCUT2D eigenvalue weighted by molar-refractivity contribution is -0.154. The highest BCUT2D eigenvalue weighted by Gasteiger charge is 2.11. The number of rotatable bonds is 14. The summed E-state index contributed by atoms with van der Waals surface area (Å²) >= 11 is 1.66. The Kier molecular flexibility index (Phi) is 14.1. The zero-order valence-electron chi connectivity index (χ0n) is 15.2. The lowest BCUT2D eigenvalue weighted by Gasteiger charge is -2.07. The summed E-state index contributed by atoms with van der Waals surface area (Å²) in [6.07, 6.45) is -0.348. The monoisotopic (exact) mass is 390 g/mol. The van der Waals surface area contributed by atoms with E-state index in [-0.39, 0.29) is 44.7 Å². The molecule has 0 heterocycles. The van der Waals surface area contributed by atoms with Crippen LogP contribution in [-0.4, -0.2) is 61.8 Å². The molecule has 0 bridgehead atoms. The largest absolute Gasteiger partial charge is 0.465 e. The molecule has 0 aliphatic rings. The number of ether oxygens (including phenoxy) is 4. The van der Waals surface area contributed by atoms with E-state index in [1.807, 2.05) is 6.92 Å². The summed E-state index contributed by atoms with van der Waals surface area (Å²) < 4.78 is 19.3. The van der Waals surface area contributed by atoms with E-state index in [9.17, 15) is 19.2 Å². The summed E-state index contributed by atoms with van der Waals surface area (Å²) in [5.41, 5.74) is 0.253. The first-order valence-electron chi connectivity index (χ1n) is 8.24. The zero-order chi connectivity index (χ0) is 19.8. The standard InChI is InChI=1S/C17H26O8S/c1-4-26-12-11-24-16(20)7-8-22-14(18)5-6-15(19)23-9-10-25-17(21)13(2)3/h2,4-12H2,1,3H3. The van der Waals surface area contributed by atoms with Crippen molar-refractivity contribution in [1.29, 1.82) is 0 Å². The molecule has 0 amide bonds. The van der Waals surface area contributed by atoms with Gasteiger partial charge in [0.2, 0.25) is 0 Å². The molecular formula is C17H26O8S. The number of carbonyl (C=O) groups excluding carboxylic acids is 4. The van der Waals surface area contributed by atoms with Gasteiger partial charge in [-0.05, 0) is 12.7 Å². The Labute approximate surface area is 157 Å². The second-order valence-corrected chi connectivity index (χ2v) is 6.42.